The Bertz CT molecular complexity index is 1330. The molecule has 0 unspecified atom stereocenters. The van der Waals surface area contributed by atoms with E-state index in [2.05, 4.69) is 10.3 Å². The van der Waals surface area contributed by atoms with Crippen molar-refractivity contribution < 1.29 is 28.2 Å². The molecule has 35 heavy (non-hydrogen) atoms. The summed E-state index contributed by atoms with van der Waals surface area (Å²) >= 11 is 0. The molecule has 3 aromatic carbocycles. The summed E-state index contributed by atoms with van der Waals surface area (Å²) in [6.07, 6.45) is 0. The van der Waals surface area contributed by atoms with E-state index < -0.39 is 5.97 Å². The second kappa shape index (κ2) is 11.1. The van der Waals surface area contributed by atoms with Crippen molar-refractivity contribution in [3.63, 3.8) is 0 Å². The van der Waals surface area contributed by atoms with Crippen molar-refractivity contribution >= 4 is 28.5 Å². The lowest BCUT2D eigenvalue weighted by Gasteiger charge is -2.13. The van der Waals surface area contributed by atoms with Gasteiger partial charge in [-0.05, 0) is 61.5 Å². The van der Waals surface area contributed by atoms with Crippen molar-refractivity contribution in [2.45, 2.75) is 6.92 Å². The summed E-state index contributed by atoms with van der Waals surface area (Å²) in [6.45, 7) is 1.50. The number of fused-ring (bicyclic) bond motifs is 1. The van der Waals surface area contributed by atoms with Crippen LogP contribution in [0.25, 0.3) is 22.2 Å². The van der Waals surface area contributed by atoms with Gasteiger partial charge < -0.3 is 19.5 Å². The third-order valence-electron chi connectivity index (χ3n) is 4.96. The van der Waals surface area contributed by atoms with E-state index in [0.29, 0.717) is 39.3 Å². The van der Waals surface area contributed by atoms with Crippen LogP contribution in [0.5, 0.6) is 11.5 Å². The van der Waals surface area contributed by atoms with E-state index in [1.807, 2.05) is 18.2 Å². The summed E-state index contributed by atoms with van der Waals surface area (Å²) < 4.78 is 29.6. The number of ether oxygens (including phenoxy) is 3. The predicted molar refractivity (Wildman–Crippen MR) is 130 cm³/mol. The van der Waals surface area contributed by atoms with Crippen LogP contribution in [-0.4, -0.2) is 36.7 Å². The minimum atomic E-state index is -0.511. The van der Waals surface area contributed by atoms with Gasteiger partial charge in [-0.2, -0.15) is 0 Å². The number of halogens is 1. The second-order valence-corrected chi connectivity index (χ2v) is 7.49. The lowest BCUT2D eigenvalue weighted by atomic mass is 10.1. The molecule has 1 heterocycles. The molecule has 8 heteroatoms. The lowest BCUT2D eigenvalue weighted by Crippen LogP contribution is -2.20. The Balaban J connectivity index is 1.59. The van der Waals surface area contributed by atoms with Crippen molar-refractivity contribution in [2.24, 2.45) is 0 Å². The van der Waals surface area contributed by atoms with Crippen molar-refractivity contribution in [2.75, 3.05) is 25.1 Å². The van der Waals surface area contributed by atoms with Gasteiger partial charge in [0.1, 0.15) is 17.3 Å². The molecule has 0 saturated heterocycles. The molecular formula is C27H23FN2O5. The van der Waals surface area contributed by atoms with Crippen LogP contribution in [0.3, 0.4) is 0 Å². The highest BCUT2D eigenvalue weighted by molar-refractivity contribution is 5.96. The predicted octanol–water partition coefficient (Wildman–Crippen LogP) is 5.00. The van der Waals surface area contributed by atoms with E-state index in [-0.39, 0.29) is 31.5 Å². The summed E-state index contributed by atoms with van der Waals surface area (Å²) in [5, 5.41) is 3.37. The fraction of sp³-hybridized carbons (Fsp3) is 0.148. The molecule has 7 nitrogen and oxygen atoms in total. The molecule has 0 fully saturated rings. The SMILES string of the molecule is CCOC(=O)COc1cc(-c2ccc(F)cc2)nc2ccc(NC(=O)COc3ccccc3)cc12. The number of pyridine rings is 1. The molecule has 0 spiro atoms. The fourth-order valence-electron chi connectivity index (χ4n) is 3.36. The standard InChI is InChI=1S/C27H23FN2O5/c1-2-33-27(32)17-35-25-15-24(18-8-10-19(28)11-9-18)30-23-13-12-20(14-22(23)25)29-26(31)16-34-21-6-4-3-5-7-21/h3-15H,2,16-17H2,1H3,(H,29,31). The number of nitrogens with one attached hydrogen (secondary N) is 1. The summed E-state index contributed by atoms with van der Waals surface area (Å²) in [6, 6.07) is 21.8. The van der Waals surface area contributed by atoms with Gasteiger partial charge >= 0.3 is 5.97 Å². The number of para-hydroxylation sites is 1. The van der Waals surface area contributed by atoms with Crippen LogP contribution in [0.15, 0.2) is 78.9 Å². The molecule has 178 valence electrons. The third-order valence-corrected chi connectivity index (χ3v) is 4.96. The minimum absolute atomic E-state index is 0.157. The molecular weight excluding hydrogens is 451 g/mol. The van der Waals surface area contributed by atoms with Crippen LogP contribution < -0.4 is 14.8 Å². The number of esters is 1. The Morgan fingerprint density at radius 3 is 2.43 bits per heavy atom. The van der Waals surface area contributed by atoms with Crippen molar-refractivity contribution in [3.05, 3.63) is 84.7 Å². The number of rotatable bonds is 9. The summed E-state index contributed by atoms with van der Waals surface area (Å²) in [7, 11) is 0. The maximum Gasteiger partial charge on any atom is 0.344 e. The summed E-state index contributed by atoms with van der Waals surface area (Å²) in [5.74, 6) is -0.237. The van der Waals surface area contributed by atoms with E-state index in [0.717, 1.165) is 0 Å². The Kier molecular flexibility index (Phi) is 7.52. The highest BCUT2D eigenvalue weighted by Crippen LogP contribution is 2.32. The second-order valence-electron chi connectivity index (χ2n) is 7.49. The molecule has 1 amide bonds. The van der Waals surface area contributed by atoms with Crippen molar-refractivity contribution in [1.29, 1.82) is 0 Å². The van der Waals surface area contributed by atoms with Crippen LogP contribution in [-0.2, 0) is 14.3 Å². The van der Waals surface area contributed by atoms with Crippen LogP contribution in [0.1, 0.15) is 6.92 Å². The number of carbonyl (C=O) groups is 2. The molecule has 1 N–H and O–H groups in total. The Morgan fingerprint density at radius 1 is 0.914 bits per heavy atom. The summed E-state index contributed by atoms with van der Waals surface area (Å²) in [4.78, 5) is 28.9. The van der Waals surface area contributed by atoms with Gasteiger partial charge in [0.25, 0.3) is 5.91 Å². The van der Waals surface area contributed by atoms with Gasteiger partial charge in [-0.15, -0.1) is 0 Å². The first-order valence-corrected chi connectivity index (χ1v) is 11.0. The molecule has 0 aliphatic heterocycles. The van der Waals surface area contributed by atoms with Gasteiger partial charge in [0.05, 0.1) is 17.8 Å². The smallest absolute Gasteiger partial charge is 0.344 e. The van der Waals surface area contributed by atoms with Crippen molar-refractivity contribution in [3.8, 4) is 22.8 Å². The van der Waals surface area contributed by atoms with Gasteiger partial charge in [0, 0.05) is 22.7 Å². The Hall–Kier alpha value is -4.46. The van der Waals surface area contributed by atoms with Crippen molar-refractivity contribution in [1.82, 2.24) is 4.98 Å². The topological polar surface area (TPSA) is 86.8 Å². The zero-order valence-electron chi connectivity index (χ0n) is 19.0. The van der Waals surface area contributed by atoms with E-state index in [1.54, 1.807) is 55.5 Å². The van der Waals surface area contributed by atoms with E-state index in [4.69, 9.17) is 14.2 Å². The largest absolute Gasteiger partial charge is 0.484 e. The number of amides is 1. The Labute approximate surface area is 201 Å². The van der Waals surface area contributed by atoms with Gasteiger partial charge in [-0.1, -0.05) is 18.2 Å². The number of hydrogen-bond donors (Lipinski definition) is 1. The monoisotopic (exact) mass is 474 g/mol. The first kappa shape index (κ1) is 23.7. The molecule has 0 bridgehead atoms. The summed E-state index contributed by atoms with van der Waals surface area (Å²) in [5.41, 5.74) is 2.31. The minimum Gasteiger partial charge on any atom is -0.484 e. The van der Waals surface area contributed by atoms with Crippen LogP contribution in [0.2, 0.25) is 0 Å². The quantitative estimate of drug-likeness (QED) is 0.344. The maximum absolute atomic E-state index is 13.4. The number of aromatic nitrogens is 1. The fourth-order valence-corrected chi connectivity index (χ4v) is 3.36. The molecule has 0 atom stereocenters. The lowest BCUT2D eigenvalue weighted by molar-refractivity contribution is -0.145. The van der Waals surface area contributed by atoms with E-state index in [1.165, 1.54) is 12.1 Å². The van der Waals surface area contributed by atoms with Gasteiger partial charge in [-0.3, -0.25) is 4.79 Å². The Morgan fingerprint density at radius 2 is 1.69 bits per heavy atom. The number of benzene rings is 3. The van der Waals surface area contributed by atoms with Crippen LogP contribution in [0.4, 0.5) is 10.1 Å². The zero-order valence-corrected chi connectivity index (χ0v) is 19.0. The van der Waals surface area contributed by atoms with Gasteiger partial charge in [0.15, 0.2) is 13.2 Å². The number of nitrogens with zero attached hydrogens (tertiary/aromatic N) is 1. The molecule has 1 aromatic heterocycles. The number of anilines is 1. The molecule has 0 aliphatic rings. The highest BCUT2D eigenvalue weighted by atomic mass is 19.1. The molecule has 4 rings (SSSR count). The molecule has 4 aromatic rings. The maximum atomic E-state index is 13.4. The van der Waals surface area contributed by atoms with E-state index >= 15 is 0 Å². The highest BCUT2D eigenvalue weighted by Gasteiger charge is 2.13. The first-order valence-electron chi connectivity index (χ1n) is 11.0. The number of hydrogen-bond acceptors (Lipinski definition) is 6. The zero-order chi connectivity index (χ0) is 24.6. The molecule has 0 saturated carbocycles. The van der Waals surface area contributed by atoms with Gasteiger partial charge in [0.2, 0.25) is 0 Å². The van der Waals surface area contributed by atoms with Gasteiger partial charge in [-0.25, -0.2) is 14.2 Å². The van der Waals surface area contributed by atoms with Crippen LogP contribution in [0, 0.1) is 5.82 Å². The molecule has 0 radical (unpaired) electrons. The first-order chi connectivity index (χ1) is 17.0. The molecule has 0 aliphatic carbocycles. The van der Waals surface area contributed by atoms with Crippen LogP contribution >= 0.6 is 0 Å². The average molecular weight is 474 g/mol. The third kappa shape index (κ3) is 6.32. The van der Waals surface area contributed by atoms with E-state index in [9.17, 15) is 14.0 Å². The average Bonchev–Trinajstić information content (AvgIpc) is 2.87. The normalized spacial score (nSPS) is 10.6. The number of carbonyl (C=O) groups excluding carboxylic acids is 2.